The quantitative estimate of drug-likeness (QED) is 0.682. The molecule has 106 valence electrons. The molecule has 0 radical (unpaired) electrons. The second-order valence-corrected chi connectivity index (χ2v) is 5.31. The van der Waals surface area contributed by atoms with Gasteiger partial charge in [0.1, 0.15) is 11.5 Å². The highest BCUT2D eigenvalue weighted by atomic mass is 35.5. The molecule has 0 N–H and O–H groups in total. The largest absolute Gasteiger partial charge is 0.497 e. The number of ether oxygens (including phenoxy) is 1. The molecular weight excluding hydrogens is 311 g/mol. The first-order valence-corrected chi connectivity index (χ1v) is 6.91. The van der Waals surface area contributed by atoms with E-state index in [1.807, 2.05) is 18.2 Å². The predicted octanol–water partition coefficient (Wildman–Crippen LogP) is 4.78. The molecule has 0 atom stereocenters. The van der Waals surface area contributed by atoms with Gasteiger partial charge in [-0.25, -0.2) is 0 Å². The fourth-order valence-electron chi connectivity index (χ4n) is 2.10. The van der Waals surface area contributed by atoms with Crippen LogP contribution in [0.2, 0.25) is 10.0 Å². The Morgan fingerprint density at radius 1 is 1.10 bits per heavy atom. The summed E-state index contributed by atoms with van der Waals surface area (Å²) in [5, 5.41) is 1.06. The highest BCUT2D eigenvalue weighted by Crippen LogP contribution is 2.30. The van der Waals surface area contributed by atoms with Crippen LogP contribution >= 0.6 is 23.2 Å². The Morgan fingerprint density at radius 3 is 2.67 bits per heavy atom. The molecule has 3 aromatic rings. The lowest BCUT2D eigenvalue weighted by Crippen LogP contribution is -2.00. The van der Waals surface area contributed by atoms with Crippen molar-refractivity contribution in [3.63, 3.8) is 0 Å². The number of benzene rings is 2. The molecule has 1 heterocycles. The number of halogens is 2. The van der Waals surface area contributed by atoms with Gasteiger partial charge in [-0.2, -0.15) is 0 Å². The van der Waals surface area contributed by atoms with E-state index in [4.69, 9.17) is 32.4 Å². The highest BCUT2D eigenvalue weighted by molar-refractivity contribution is 6.38. The summed E-state index contributed by atoms with van der Waals surface area (Å²) < 4.78 is 10.9. The molecule has 21 heavy (non-hydrogen) atoms. The first-order chi connectivity index (χ1) is 10.1. The van der Waals surface area contributed by atoms with Crippen LogP contribution in [0.4, 0.5) is 0 Å². The molecular formula is C16H10Cl2O3. The zero-order valence-corrected chi connectivity index (χ0v) is 12.5. The molecule has 0 spiro atoms. The molecule has 0 saturated carbocycles. The first kappa shape index (κ1) is 14.0. The second kappa shape index (κ2) is 5.43. The van der Waals surface area contributed by atoms with E-state index in [0.717, 1.165) is 5.56 Å². The molecule has 2 aromatic carbocycles. The van der Waals surface area contributed by atoms with E-state index in [2.05, 4.69) is 0 Å². The third-order valence-corrected chi connectivity index (χ3v) is 3.60. The van der Waals surface area contributed by atoms with Crippen molar-refractivity contribution < 1.29 is 9.15 Å². The van der Waals surface area contributed by atoms with Gasteiger partial charge in [0.25, 0.3) is 0 Å². The summed E-state index contributed by atoms with van der Waals surface area (Å²) in [4.78, 5) is 12.2. The van der Waals surface area contributed by atoms with Crippen molar-refractivity contribution in [1.29, 1.82) is 0 Å². The zero-order valence-electron chi connectivity index (χ0n) is 11.0. The van der Waals surface area contributed by atoms with E-state index in [9.17, 15) is 4.79 Å². The Morgan fingerprint density at radius 2 is 1.90 bits per heavy atom. The second-order valence-electron chi connectivity index (χ2n) is 4.47. The SMILES string of the molecule is COc1cccc(-c2cc(=O)c3cc(Cl)cc(Cl)c3o2)c1. The highest BCUT2D eigenvalue weighted by Gasteiger charge is 2.11. The smallest absolute Gasteiger partial charge is 0.193 e. The molecule has 0 aliphatic carbocycles. The molecule has 3 nitrogen and oxygen atoms in total. The third kappa shape index (κ3) is 2.62. The van der Waals surface area contributed by atoms with Gasteiger partial charge in [-0.3, -0.25) is 4.79 Å². The van der Waals surface area contributed by atoms with Crippen molar-refractivity contribution in [1.82, 2.24) is 0 Å². The standard InChI is InChI=1S/C16H10Cl2O3/c1-20-11-4-2-3-9(5-11)15-8-14(19)12-6-10(17)7-13(18)16(12)21-15/h2-8H,1H3. The molecule has 5 heteroatoms. The molecule has 0 bridgehead atoms. The minimum absolute atomic E-state index is 0.196. The number of fused-ring (bicyclic) bond motifs is 1. The average molecular weight is 321 g/mol. The first-order valence-electron chi connectivity index (χ1n) is 6.16. The van der Waals surface area contributed by atoms with Crippen LogP contribution in [0.25, 0.3) is 22.3 Å². The van der Waals surface area contributed by atoms with Crippen LogP contribution < -0.4 is 10.2 Å². The van der Waals surface area contributed by atoms with Crippen LogP contribution in [0.5, 0.6) is 5.75 Å². The Balaban J connectivity index is 2.27. The maximum atomic E-state index is 12.2. The lowest BCUT2D eigenvalue weighted by Gasteiger charge is -2.06. The van der Waals surface area contributed by atoms with Crippen LogP contribution in [0, 0.1) is 0 Å². The fourth-order valence-corrected chi connectivity index (χ4v) is 2.63. The van der Waals surface area contributed by atoms with Gasteiger partial charge in [0, 0.05) is 16.7 Å². The van der Waals surface area contributed by atoms with E-state index < -0.39 is 0 Å². The van der Waals surface area contributed by atoms with Gasteiger partial charge in [0.05, 0.1) is 17.5 Å². The van der Waals surface area contributed by atoms with Gasteiger partial charge in [0.2, 0.25) is 0 Å². The lowest BCUT2D eigenvalue weighted by atomic mass is 10.1. The normalized spacial score (nSPS) is 10.8. The molecule has 0 unspecified atom stereocenters. The summed E-state index contributed by atoms with van der Waals surface area (Å²) in [6.07, 6.45) is 0. The van der Waals surface area contributed by atoms with Crippen LogP contribution in [-0.2, 0) is 0 Å². The van der Waals surface area contributed by atoms with Crippen molar-refractivity contribution in [3.05, 3.63) is 62.7 Å². The monoisotopic (exact) mass is 320 g/mol. The number of rotatable bonds is 2. The Labute approximate surface area is 130 Å². The minimum Gasteiger partial charge on any atom is -0.497 e. The van der Waals surface area contributed by atoms with Gasteiger partial charge >= 0.3 is 0 Å². The van der Waals surface area contributed by atoms with Crippen molar-refractivity contribution >= 4 is 34.2 Å². The van der Waals surface area contributed by atoms with Crippen LogP contribution in [0.15, 0.2) is 51.7 Å². The lowest BCUT2D eigenvalue weighted by molar-refractivity contribution is 0.415. The van der Waals surface area contributed by atoms with E-state index in [-0.39, 0.29) is 5.43 Å². The van der Waals surface area contributed by atoms with Crippen molar-refractivity contribution in [2.24, 2.45) is 0 Å². The Hall–Kier alpha value is -1.97. The van der Waals surface area contributed by atoms with E-state index in [1.54, 1.807) is 25.3 Å². The Bertz CT molecular complexity index is 884. The molecule has 0 saturated heterocycles. The Kier molecular flexibility index (Phi) is 3.62. The summed E-state index contributed by atoms with van der Waals surface area (Å²) >= 11 is 12.0. The van der Waals surface area contributed by atoms with Crippen LogP contribution in [-0.4, -0.2) is 7.11 Å². The molecule has 3 rings (SSSR count). The molecule has 0 aliphatic rings. The van der Waals surface area contributed by atoms with Crippen molar-refractivity contribution in [2.75, 3.05) is 7.11 Å². The number of hydrogen-bond donors (Lipinski definition) is 0. The van der Waals surface area contributed by atoms with Gasteiger partial charge in [-0.05, 0) is 24.3 Å². The van der Waals surface area contributed by atoms with Gasteiger partial charge in [-0.15, -0.1) is 0 Å². The van der Waals surface area contributed by atoms with Gasteiger partial charge in [0.15, 0.2) is 11.0 Å². The molecule has 0 fully saturated rings. The fraction of sp³-hybridized carbons (Fsp3) is 0.0625. The molecule has 1 aromatic heterocycles. The molecule has 0 amide bonds. The summed E-state index contributed by atoms with van der Waals surface area (Å²) in [6, 6.07) is 11.8. The summed E-state index contributed by atoms with van der Waals surface area (Å²) in [6.45, 7) is 0. The number of hydrogen-bond acceptors (Lipinski definition) is 3. The zero-order chi connectivity index (χ0) is 15.0. The van der Waals surface area contributed by atoms with Gasteiger partial charge < -0.3 is 9.15 Å². The van der Waals surface area contributed by atoms with Gasteiger partial charge in [-0.1, -0.05) is 35.3 Å². The minimum atomic E-state index is -0.196. The predicted molar refractivity (Wildman–Crippen MR) is 84.5 cm³/mol. The van der Waals surface area contributed by atoms with Crippen molar-refractivity contribution in [2.45, 2.75) is 0 Å². The average Bonchev–Trinajstić information content (AvgIpc) is 2.48. The van der Waals surface area contributed by atoms with E-state index in [1.165, 1.54) is 6.07 Å². The van der Waals surface area contributed by atoms with E-state index >= 15 is 0 Å². The third-order valence-electron chi connectivity index (χ3n) is 3.10. The maximum absolute atomic E-state index is 12.2. The summed E-state index contributed by atoms with van der Waals surface area (Å²) in [7, 11) is 1.58. The van der Waals surface area contributed by atoms with Crippen molar-refractivity contribution in [3.8, 4) is 17.1 Å². The summed E-state index contributed by atoms with van der Waals surface area (Å²) in [5.41, 5.74) is 0.865. The maximum Gasteiger partial charge on any atom is 0.193 e. The topological polar surface area (TPSA) is 39.4 Å². The van der Waals surface area contributed by atoms with Crippen LogP contribution in [0.1, 0.15) is 0 Å². The number of methoxy groups -OCH3 is 1. The van der Waals surface area contributed by atoms with E-state index in [0.29, 0.717) is 32.5 Å². The van der Waals surface area contributed by atoms with Crippen LogP contribution in [0.3, 0.4) is 0 Å². The molecule has 0 aliphatic heterocycles. The summed E-state index contributed by atoms with van der Waals surface area (Å²) in [5.74, 6) is 1.10.